The van der Waals surface area contributed by atoms with Crippen molar-refractivity contribution in [1.82, 2.24) is 15.1 Å². The summed E-state index contributed by atoms with van der Waals surface area (Å²) in [5.41, 5.74) is 3.88. The number of sulfonamides is 1. The van der Waals surface area contributed by atoms with E-state index in [1.807, 2.05) is 31.2 Å². The second-order valence-corrected chi connectivity index (χ2v) is 10.5. The van der Waals surface area contributed by atoms with Gasteiger partial charge in [0.2, 0.25) is 10.0 Å². The Morgan fingerprint density at radius 3 is 2.62 bits per heavy atom. The Balaban J connectivity index is 1.58. The number of hydrogen-bond acceptors (Lipinski definition) is 7. The summed E-state index contributed by atoms with van der Waals surface area (Å²) < 4.78 is 32.7. The van der Waals surface area contributed by atoms with Crippen LogP contribution in [0.15, 0.2) is 24.3 Å². The topological polar surface area (TPSA) is 117 Å². The summed E-state index contributed by atoms with van der Waals surface area (Å²) in [6.07, 6.45) is 2.92. The molecule has 180 valence electrons. The van der Waals surface area contributed by atoms with Crippen molar-refractivity contribution in [3.8, 4) is 5.75 Å². The highest BCUT2D eigenvalue weighted by Gasteiger charge is 2.37. The molecule has 2 aliphatic rings. The second kappa shape index (κ2) is 11.9. The first-order valence-corrected chi connectivity index (χ1v) is 13.1. The first-order valence-electron chi connectivity index (χ1n) is 11.4. The fraction of sp³-hybridized carbons (Fsp3) is 0.682. The average molecular weight is 470 g/mol. The molecular weight excluding hydrogens is 434 g/mol. The summed E-state index contributed by atoms with van der Waals surface area (Å²) in [5.74, 6) is 0.334. The van der Waals surface area contributed by atoms with Gasteiger partial charge in [-0.05, 0) is 56.0 Å². The number of piperidine rings is 1. The third-order valence-electron chi connectivity index (χ3n) is 5.99. The fourth-order valence-electron chi connectivity index (χ4n) is 4.01. The molecule has 9 nitrogen and oxygen atoms in total. The maximum absolute atomic E-state index is 12.8. The summed E-state index contributed by atoms with van der Waals surface area (Å²) >= 11 is 0. The summed E-state index contributed by atoms with van der Waals surface area (Å²) in [6.45, 7) is 4.60. The van der Waals surface area contributed by atoms with Gasteiger partial charge in [0.1, 0.15) is 12.0 Å². The molecule has 3 rings (SSSR count). The second-order valence-electron chi connectivity index (χ2n) is 8.48. The molecule has 1 aromatic carbocycles. The molecule has 3 N–H and O–H groups in total. The third kappa shape index (κ3) is 7.14. The van der Waals surface area contributed by atoms with Crippen LogP contribution in [0.25, 0.3) is 0 Å². The minimum atomic E-state index is -3.61. The average Bonchev–Trinajstić information content (AvgIpc) is 3.27. The number of rotatable bonds is 12. The van der Waals surface area contributed by atoms with E-state index in [9.17, 15) is 13.2 Å². The normalized spacial score (nSPS) is 22.3. The van der Waals surface area contributed by atoms with Crippen molar-refractivity contribution in [3.05, 3.63) is 29.8 Å². The molecule has 0 aromatic heterocycles. The Morgan fingerprint density at radius 2 is 1.97 bits per heavy atom. The van der Waals surface area contributed by atoms with Gasteiger partial charge in [-0.3, -0.25) is 9.63 Å². The molecule has 2 saturated heterocycles. The molecular formula is C22H35N3O6S. The Kier molecular flexibility index (Phi) is 9.30. The number of carboxylic acid groups (broad SMARTS) is 1. The minimum absolute atomic E-state index is 0.0171. The monoisotopic (exact) mass is 469 g/mol. The van der Waals surface area contributed by atoms with Crippen LogP contribution in [-0.2, 0) is 19.7 Å². The highest BCUT2D eigenvalue weighted by molar-refractivity contribution is 7.89. The van der Waals surface area contributed by atoms with Gasteiger partial charge in [0, 0.05) is 13.0 Å². The third-order valence-corrected chi connectivity index (χ3v) is 7.93. The van der Waals surface area contributed by atoms with E-state index >= 15 is 0 Å². The zero-order valence-electron chi connectivity index (χ0n) is 18.7. The van der Waals surface area contributed by atoms with Crippen LogP contribution in [0.5, 0.6) is 5.75 Å². The number of hydroxylamine groups is 1. The molecule has 2 atom stereocenters. The van der Waals surface area contributed by atoms with Gasteiger partial charge in [-0.25, -0.2) is 8.42 Å². The van der Waals surface area contributed by atoms with Gasteiger partial charge < -0.3 is 15.2 Å². The highest BCUT2D eigenvalue weighted by Crippen LogP contribution is 2.30. The smallest absolute Gasteiger partial charge is 0.304 e. The number of nitrogens with zero attached hydrogens (tertiary/aromatic N) is 1. The van der Waals surface area contributed by atoms with Crippen molar-refractivity contribution in [2.24, 2.45) is 5.92 Å². The lowest BCUT2D eigenvalue weighted by Gasteiger charge is -2.26. The van der Waals surface area contributed by atoms with E-state index in [1.54, 1.807) is 0 Å². The summed E-state index contributed by atoms with van der Waals surface area (Å²) in [6, 6.07) is 7.56. The van der Waals surface area contributed by atoms with Crippen molar-refractivity contribution in [2.45, 2.75) is 57.7 Å². The standard InChI is InChI=1S/C22H35N3O6S/c1-2-3-14-32(28,29)25(13-10-22(26)27)21-15-20(24-31-21)18-4-6-19(7-5-18)30-16-17-8-11-23-12-9-17/h4-7,17,20-21,23-24H,2-3,8-16H2,1H3,(H,26,27). The number of carboxylic acids is 1. The Labute approximate surface area is 190 Å². The van der Waals surface area contributed by atoms with Crippen molar-refractivity contribution in [1.29, 1.82) is 0 Å². The molecule has 1 aromatic rings. The number of nitrogens with one attached hydrogen (secondary N) is 2. The molecule has 0 saturated carbocycles. The maximum Gasteiger partial charge on any atom is 0.304 e. The molecule has 2 heterocycles. The van der Waals surface area contributed by atoms with Gasteiger partial charge >= 0.3 is 5.97 Å². The van der Waals surface area contributed by atoms with E-state index in [1.165, 1.54) is 4.31 Å². The lowest BCUT2D eigenvalue weighted by molar-refractivity contribution is -0.137. The molecule has 2 unspecified atom stereocenters. The van der Waals surface area contributed by atoms with Crippen LogP contribution in [0.2, 0.25) is 0 Å². The number of aliphatic carboxylic acids is 1. The molecule has 0 radical (unpaired) electrons. The zero-order chi connectivity index (χ0) is 23.0. The largest absolute Gasteiger partial charge is 0.493 e. The van der Waals surface area contributed by atoms with Crippen LogP contribution in [0.1, 0.15) is 57.1 Å². The molecule has 2 aliphatic heterocycles. The van der Waals surface area contributed by atoms with Crippen LogP contribution < -0.4 is 15.5 Å². The first kappa shape index (κ1) is 24.9. The van der Waals surface area contributed by atoms with Gasteiger partial charge in [0.25, 0.3) is 0 Å². The SMILES string of the molecule is CCCCS(=O)(=O)N(CCC(=O)O)C1CC(c2ccc(OCC3CCNCC3)cc2)NO1. The molecule has 0 bridgehead atoms. The molecule has 0 amide bonds. The highest BCUT2D eigenvalue weighted by atomic mass is 32.2. The molecule has 10 heteroatoms. The van der Waals surface area contributed by atoms with E-state index in [0.717, 1.165) is 43.7 Å². The van der Waals surface area contributed by atoms with E-state index in [4.69, 9.17) is 14.7 Å². The van der Waals surface area contributed by atoms with Crippen LogP contribution >= 0.6 is 0 Å². The van der Waals surface area contributed by atoms with Crippen LogP contribution in [0.3, 0.4) is 0 Å². The van der Waals surface area contributed by atoms with Crippen LogP contribution in [-0.4, -0.2) is 62.0 Å². The van der Waals surface area contributed by atoms with E-state index in [0.29, 0.717) is 25.4 Å². The number of unbranched alkanes of at least 4 members (excludes halogenated alkanes) is 1. The minimum Gasteiger partial charge on any atom is -0.493 e. The van der Waals surface area contributed by atoms with E-state index in [-0.39, 0.29) is 24.8 Å². The Hall–Kier alpha value is -1.72. The Bertz CT molecular complexity index is 827. The lowest BCUT2D eigenvalue weighted by Crippen LogP contribution is -2.43. The van der Waals surface area contributed by atoms with Gasteiger partial charge in [-0.2, -0.15) is 9.79 Å². The van der Waals surface area contributed by atoms with Gasteiger partial charge in [0.15, 0.2) is 0 Å². The van der Waals surface area contributed by atoms with Crippen LogP contribution in [0, 0.1) is 5.92 Å². The fourth-order valence-corrected chi connectivity index (χ4v) is 5.75. The molecule has 32 heavy (non-hydrogen) atoms. The van der Waals surface area contributed by atoms with E-state index in [2.05, 4.69) is 10.8 Å². The van der Waals surface area contributed by atoms with Crippen molar-refractivity contribution in [3.63, 3.8) is 0 Å². The zero-order valence-corrected chi connectivity index (χ0v) is 19.5. The van der Waals surface area contributed by atoms with E-state index < -0.39 is 22.2 Å². The van der Waals surface area contributed by atoms with Gasteiger partial charge in [0.05, 0.1) is 24.8 Å². The summed E-state index contributed by atoms with van der Waals surface area (Å²) in [5, 5.41) is 12.4. The predicted molar refractivity (Wildman–Crippen MR) is 121 cm³/mol. The van der Waals surface area contributed by atoms with Crippen LogP contribution in [0.4, 0.5) is 0 Å². The Morgan fingerprint density at radius 1 is 1.25 bits per heavy atom. The first-order chi connectivity index (χ1) is 15.4. The number of carbonyl (C=O) groups is 1. The lowest BCUT2D eigenvalue weighted by atomic mass is 9.99. The molecule has 0 spiro atoms. The van der Waals surface area contributed by atoms with Gasteiger partial charge in [-0.15, -0.1) is 0 Å². The number of hydrogen-bond donors (Lipinski definition) is 3. The summed E-state index contributed by atoms with van der Waals surface area (Å²) in [4.78, 5) is 16.6. The number of benzene rings is 1. The maximum atomic E-state index is 12.8. The quantitative estimate of drug-likeness (QED) is 0.427. The van der Waals surface area contributed by atoms with Crippen molar-refractivity contribution < 1.29 is 27.9 Å². The van der Waals surface area contributed by atoms with Crippen molar-refractivity contribution in [2.75, 3.05) is 32.0 Å². The van der Waals surface area contributed by atoms with Crippen molar-refractivity contribution >= 4 is 16.0 Å². The summed E-state index contributed by atoms with van der Waals surface area (Å²) in [7, 11) is -3.61. The number of ether oxygens (including phenoxy) is 1. The van der Waals surface area contributed by atoms with Gasteiger partial charge in [-0.1, -0.05) is 25.5 Å². The molecule has 0 aliphatic carbocycles. The molecule has 2 fully saturated rings. The predicted octanol–water partition coefficient (Wildman–Crippen LogP) is 2.26.